The first-order chi connectivity index (χ1) is 12.4. The predicted molar refractivity (Wildman–Crippen MR) is 99.0 cm³/mol. The van der Waals surface area contributed by atoms with E-state index in [4.69, 9.17) is 27.9 Å². The molecule has 0 aliphatic carbocycles. The number of rotatable bonds is 5. The van der Waals surface area contributed by atoms with E-state index in [-0.39, 0.29) is 69.8 Å². The number of nitrogens with zero attached hydrogens (tertiary/aromatic N) is 1. The van der Waals surface area contributed by atoms with Gasteiger partial charge >= 0.3 is 51.4 Å². The van der Waals surface area contributed by atoms with E-state index in [1.807, 2.05) is 0 Å². The van der Waals surface area contributed by atoms with Crippen LogP contribution in [0.3, 0.4) is 0 Å². The Morgan fingerprint density at radius 2 is 1.93 bits per heavy atom. The van der Waals surface area contributed by atoms with Crippen LogP contribution >= 0.6 is 23.2 Å². The van der Waals surface area contributed by atoms with E-state index < -0.39 is 5.97 Å². The molecule has 0 saturated carbocycles. The van der Waals surface area contributed by atoms with Crippen LogP contribution in [0.25, 0.3) is 10.9 Å². The van der Waals surface area contributed by atoms with Gasteiger partial charge < -0.3 is 19.2 Å². The Morgan fingerprint density at radius 3 is 2.59 bits per heavy atom. The van der Waals surface area contributed by atoms with Crippen molar-refractivity contribution in [3.8, 4) is 5.75 Å². The van der Waals surface area contributed by atoms with Crippen LogP contribution in [0.2, 0.25) is 10.0 Å². The normalized spacial score (nSPS) is 10.5. The van der Waals surface area contributed by atoms with Gasteiger partial charge in [0.2, 0.25) is 0 Å². The molecule has 134 valence electrons. The van der Waals surface area contributed by atoms with Crippen LogP contribution in [0.1, 0.15) is 11.1 Å². The maximum atomic E-state index is 12.9. The number of pyridine rings is 1. The van der Waals surface area contributed by atoms with E-state index in [0.29, 0.717) is 37.8 Å². The van der Waals surface area contributed by atoms with Crippen molar-refractivity contribution in [3.63, 3.8) is 0 Å². The molecule has 8 heteroatoms. The summed E-state index contributed by atoms with van der Waals surface area (Å²) >= 11 is 12.3. The van der Waals surface area contributed by atoms with Gasteiger partial charge in [0.05, 0.1) is 35.2 Å². The first-order valence-corrected chi connectivity index (χ1v) is 8.49. The summed E-state index contributed by atoms with van der Waals surface area (Å²) in [5.41, 5.74) is 1.35. The minimum atomic E-state index is -1.25. The maximum absolute atomic E-state index is 12.9. The van der Waals surface area contributed by atoms with Gasteiger partial charge in [-0.05, 0) is 29.8 Å². The molecule has 0 spiro atoms. The van der Waals surface area contributed by atoms with Gasteiger partial charge in [-0.2, -0.15) is 0 Å². The molecule has 0 N–H and O–H groups in total. The van der Waals surface area contributed by atoms with Gasteiger partial charge in [0.25, 0.3) is 0 Å². The number of carbonyl (C=O) groups excluding carboxylic acids is 1. The number of carboxylic acids is 1. The predicted octanol–water partition coefficient (Wildman–Crippen LogP) is -0.338. The van der Waals surface area contributed by atoms with Crippen LogP contribution in [0.15, 0.2) is 47.4 Å². The zero-order valence-corrected chi connectivity index (χ0v) is 19.4. The molecule has 0 atom stereocenters. The number of benzene rings is 2. The Balaban J connectivity index is 0.00000261. The van der Waals surface area contributed by atoms with E-state index in [1.54, 1.807) is 36.4 Å². The van der Waals surface area contributed by atoms with E-state index >= 15 is 0 Å². The third-order valence-electron chi connectivity index (χ3n) is 4.07. The average molecular weight is 430 g/mol. The number of methoxy groups -OCH3 is 1. The van der Waals surface area contributed by atoms with Crippen molar-refractivity contribution in [3.05, 3.63) is 74.0 Å². The monoisotopic (exact) mass is 429 g/mol. The van der Waals surface area contributed by atoms with Gasteiger partial charge in [0.1, 0.15) is 5.75 Å². The molecule has 0 radical (unpaired) electrons. The largest absolute Gasteiger partial charge is 1.00 e. The van der Waals surface area contributed by atoms with Gasteiger partial charge in [0, 0.05) is 23.6 Å². The number of hydrogen-bond donors (Lipinski definition) is 0. The van der Waals surface area contributed by atoms with Crippen molar-refractivity contribution < 1.29 is 66.0 Å². The summed E-state index contributed by atoms with van der Waals surface area (Å²) in [5, 5.41) is 12.2. The average Bonchev–Trinajstić information content (AvgIpc) is 2.62. The second-order valence-corrected chi connectivity index (χ2v) is 6.54. The zero-order valence-electron chi connectivity index (χ0n) is 14.8. The SMILES string of the molecule is COc1ccc2c(c1)c(=O)c(Cc1cccc(Cl)c1Cl)cn2CC(=O)[O-].[K+]. The summed E-state index contributed by atoms with van der Waals surface area (Å²) in [6.07, 6.45) is 1.74. The first-order valence-electron chi connectivity index (χ1n) is 7.73. The molecule has 0 saturated heterocycles. The van der Waals surface area contributed by atoms with Gasteiger partial charge in [-0.3, -0.25) is 4.79 Å². The number of ether oxygens (including phenoxy) is 1. The standard InChI is InChI=1S/C19H15Cl2NO4.K/c1-26-13-5-6-16-14(8-13)19(25)12(9-22(16)10-17(23)24)7-11-3-2-4-15(20)18(11)21;/h2-6,8-9H,7,10H2,1H3,(H,23,24);/q;+1/p-1. The smallest absolute Gasteiger partial charge is 0.548 e. The maximum Gasteiger partial charge on any atom is 1.00 e. The summed E-state index contributed by atoms with van der Waals surface area (Å²) < 4.78 is 6.65. The fourth-order valence-electron chi connectivity index (χ4n) is 2.85. The first kappa shape index (κ1) is 22.4. The molecule has 2 aromatic carbocycles. The number of carbonyl (C=O) groups is 1. The Morgan fingerprint density at radius 1 is 1.19 bits per heavy atom. The Hall–Kier alpha value is -0.864. The van der Waals surface area contributed by atoms with Crippen LogP contribution in [-0.2, 0) is 17.8 Å². The fraction of sp³-hybridized carbons (Fsp3) is 0.158. The van der Waals surface area contributed by atoms with Crippen molar-refractivity contribution in [2.24, 2.45) is 0 Å². The minimum absolute atomic E-state index is 0. The molecule has 0 amide bonds. The Kier molecular flexibility index (Phi) is 7.94. The van der Waals surface area contributed by atoms with Crippen molar-refractivity contribution in [2.75, 3.05) is 7.11 Å². The second kappa shape index (κ2) is 9.56. The van der Waals surface area contributed by atoms with Crippen molar-refractivity contribution in [1.29, 1.82) is 0 Å². The molecule has 1 heterocycles. The molecule has 3 rings (SSSR count). The molecule has 5 nitrogen and oxygen atoms in total. The summed E-state index contributed by atoms with van der Waals surface area (Å²) in [5.74, 6) is -0.745. The molecule has 3 aromatic rings. The van der Waals surface area contributed by atoms with Crippen LogP contribution in [0, 0.1) is 0 Å². The molecular weight excluding hydrogens is 416 g/mol. The zero-order chi connectivity index (χ0) is 18.8. The van der Waals surface area contributed by atoms with Crippen molar-refractivity contribution in [2.45, 2.75) is 13.0 Å². The fourth-order valence-corrected chi connectivity index (χ4v) is 3.24. The summed E-state index contributed by atoms with van der Waals surface area (Å²) in [6.45, 7) is -0.376. The summed E-state index contributed by atoms with van der Waals surface area (Å²) in [6, 6.07) is 10.1. The van der Waals surface area contributed by atoms with Crippen LogP contribution < -0.4 is 66.7 Å². The topological polar surface area (TPSA) is 71.4 Å². The van der Waals surface area contributed by atoms with Gasteiger partial charge in [0.15, 0.2) is 5.43 Å². The molecule has 0 unspecified atom stereocenters. The number of aromatic nitrogens is 1. The van der Waals surface area contributed by atoms with Gasteiger partial charge in [-0.1, -0.05) is 35.3 Å². The minimum Gasteiger partial charge on any atom is -0.548 e. The number of aliphatic carboxylic acids is 1. The van der Waals surface area contributed by atoms with E-state index in [9.17, 15) is 14.7 Å². The van der Waals surface area contributed by atoms with Gasteiger partial charge in [-0.25, -0.2) is 0 Å². The third-order valence-corrected chi connectivity index (χ3v) is 4.93. The molecule has 0 aliphatic heterocycles. The molecule has 0 bridgehead atoms. The molecular formula is C19H14Cl2KNO4. The molecule has 1 aromatic heterocycles. The second-order valence-electron chi connectivity index (χ2n) is 5.76. The third kappa shape index (κ3) is 4.95. The quantitative estimate of drug-likeness (QED) is 0.520. The Labute approximate surface area is 208 Å². The van der Waals surface area contributed by atoms with Crippen molar-refractivity contribution >= 4 is 40.1 Å². The van der Waals surface area contributed by atoms with Crippen LogP contribution in [-0.4, -0.2) is 17.6 Å². The molecule has 27 heavy (non-hydrogen) atoms. The van der Waals surface area contributed by atoms with E-state index in [0.717, 1.165) is 0 Å². The number of hydrogen-bond acceptors (Lipinski definition) is 4. The van der Waals surface area contributed by atoms with Gasteiger partial charge in [-0.15, -0.1) is 0 Å². The van der Waals surface area contributed by atoms with Crippen LogP contribution in [0.4, 0.5) is 0 Å². The molecule has 0 fully saturated rings. The van der Waals surface area contributed by atoms with Crippen LogP contribution in [0.5, 0.6) is 5.75 Å². The Bertz CT molecular complexity index is 1070. The number of fused-ring (bicyclic) bond motifs is 1. The summed E-state index contributed by atoms with van der Waals surface area (Å²) in [7, 11) is 1.50. The molecule has 0 aliphatic rings. The number of halogens is 2. The number of carboxylic acid groups (broad SMARTS) is 1. The van der Waals surface area contributed by atoms with E-state index in [1.165, 1.54) is 17.9 Å². The van der Waals surface area contributed by atoms with E-state index in [2.05, 4.69) is 0 Å². The summed E-state index contributed by atoms with van der Waals surface area (Å²) in [4.78, 5) is 24.0. The van der Waals surface area contributed by atoms with Crippen molar-refractivity contribution in [1.82, 2.24) is 4.57 Å².